The lowest BCUT2D eigenvalue weighted by Gasteiger charge is -2.25. The lowest BCUT2D eigenvalue weighted by Crippen LogP contribution is -2.35. The molecule has 0 saturated carbocycles. The molecule has 1 aromatic heterocycles. The minimum atomic E-state index is -0.596. The maximum Gasteiger partial charge on any atom is 0.269 e. The second kappa shape index (κ2) is 9.65. The molecule has 7 nitrogen and oxygen atoms in total. The van der Waals surface area contributed by atoms with Crippen LogP contribution in [0.5, 0.6) is 11.5 Å². The molecule has 0 radical (unpaired) electrons. The Morgan fingerprint density at radius 2 is 1.82 bits per heavy atom. The van der Waals surface area contributed by atoms with Crippen LogP contribution in [0.2, 0.25) is 0 Å². The van der Waals surface area contributed by atoms with Crippen molar-refractivity contribution >= 4 is 17.5 Å². The van der Waals surface area contributed by atoms with Gasteiger partial charge in [-0.25, -0.2) is 0 Å². The first kappa shape index (κ1) is 23.4. The van der Waals surface area contributed by atoms with Crippen LogP contribution < -0.4 is 15.4 Å². The maximum atomic E-state index is 12.9. The number of carbonyl (C=O) groups is 2. The fourth-order valence-corrected chi connectivity index (χ4v) is 3.76. The van der Waals surface area contributed by atoms with E-state index in [0.717, 1.165) is 22.4 Å². The number of rotatable bonds is 5. The molecule has 7 heteroatoms. The largest absolute Gasteiger partial charge is 0.457 e. The van der Waals surface area contributed by atoms with Crippen molar-refractivity contribution in [2.75, 3.05) is 12.4 Å². The third kappa shape index (κ3) is 5.43. The average Bonchev–Trinajstić information content (AvgIpc) is 2.83. The van der Waals surface area contributed by atoms with Gasteiger partial charge in [-0.15, -0.1) is 0 Å². The first-order valence-electron chi connectivity index (χ1n) is 11.2. The molecule has 176 valence electrons. The molecule has 2 aromatic carbocycles. The van der Waals surface area contributed by atoms with Crippen LogP contribution in [0.15, 0.2) is 60.8 Å². The van der Waals surface area contributed by atoms with Crippen molar-refractivity contribution in [2.45, 2.75) is 45.3 Å². The summed E-state index contributed by atoms with van der Waals surface area (Å²) < 4.78 is 11.8. The van der Waals surface area contributed by atoms with Crippen molar-refractivity contribution in [1.29, 1.82) is 0 Å². The van der Waals surface area contributed by atoms with Gasteiger partial charge in [0, 0.05) is 31.4 Å². The number of aromatic nitrogens is 1. The van der Waals surface area contributed by atoms with Crippen molar-refractivity contribution in [3.05, 3.63) is 83.2 Å². The van der Waals surface area contributed by atoms with Crippen LogP contribution in [0.25, 0.3) is 0 Å². The second-order valence-electron chi connectivity index (χ2n) is 9.31. The summed E-state index contributed by atoms with van der Waals surface area (Å²) in [5, 5.41) is 5.54. The van der Waals surface area contributed by atoms with Crippen molar-refractivity contribution in [3.63, 3.8) is 0 Å². The molecule has 0 aliphatic carbocycles. The highest BCUT2D eigenvalue weighted by Gasteiger charge is 2.26. The monoisotopic (exact) mass is 459 g/mol. The number of ether oxygens (including phenoxy) is 2. The van der Waals surface area contributed by atoms with E-state index in [9.17, 15) is 9.59 Å². The molecule has 1 aliphatic rings. The standard InChI is InChI=1S/C27H29N3O4/c1-27(2,3)19-6-5-7-20(14-19)30-26(32)24-13-18-12-21(9-8-17(18)16-33-24)34-22-10-11-29-23(15-22)25(31)28-4/h5-12,14-15,24H,13,16H2,1-4H3,(H,28,31)(H,30,32). The fraction of sp³-hybridized carbons (Fsp3) is 0.296. The van der Waals surface area contributed by atoms with Crippen molar-refractivity contribution in [1.82, 2.24) is 10.3 Å². The van der Waals surface area contributed by atoms with Crippen molar-refractivity contribution < 1.29 is 19.1 Å². The zero-order chi connectivity index (χ0) is 24.3. The van der Waals surface area contributed by atoms with Gasteiger partial charge in [-0.3, -0.25) is 14.6 Å². The summed E-state index contributed by atoms with van der Waals surface area (Å²) in [5.74, 6) is 0.669. The van der Waals surface area contributed by atoms with Crippen LogP contribution in [0, 0.1) is 0 Å². The van der Waals surface area contributed by atoms with Crippen LogP contribution in [0.1, 0.15) is 48.0 Å². The Morgan fingerprint density at radius 3 is 2.59 bits per heavy atom. The number of anilines is 1. The number of carbonyl (C=O) groups excluding carboxylic acids is 2. The van der Waals surface area contributed by atoms with E-state index >= 15 is 0 Å². The molecule has 2 heterocycles. The second-order valence-corrected chi connectivity index (χ2v) is 9.31. The maximum absolute atomic E-state index is 12.9. The quantitative estimate of drug-likeness (QED) is 0.582. The lowest BCUT2D eigenvalue weighted by molar-refractivity contribution is -0.129. The number of fused-ring (bicyclic) bond motifs is 1. The summed E-state index contributed by atoms with van der Waals surface area (Å²) in [6, 6.07) is 16.9. The predicted octanol–water partition coefficient (Wildman–Crippen LogP) is 4.61. The molecule has 3 aromatic rings. The number of hydrogen-bond donors (Lipinski definition) is 2. The zero-order valence-corrected chi connectivity index (χ0v) is 19.8. The number of benzene rings is 2. The van der Waals surface area contributed by atoms with Crippen LogP contribution in [-0.2, 0) is 28.0 Å². The Bertz CT molecular complexity index is 1220. The predicted molar refractivity (Wildman–Crippen MR) is 130 cm³/mol. The average molecular weight is 460 g/mol. The summed E-state index contributed by atoms with van der Waals surface area (Å²) in [7, 11) is 1.55. The van der Waals surface area contributed by atoms with E-state index in [-0.39, 0.29) is 22.9 Å². The van der Waals surface area contributed by atoms with Gasteiger partial charge in [0.25, 0.3) is 11.8 Å². The summed E-state index contributed by atoms with van der Waals surface area (Å²) in [4.78, 5) is 28.8. The minimum absolute atomic E-state index is 0.00661. The molecule has 2 amide bonds. The molecule has 34 heavy (non-hydrogen) atoms. The number of hydrogen-bond acceptors (Lipinski definition) is 5. The molecule has 0 spiro atoms. The van der Waals surface area contributed by atoms with E-state index in [1.165, 1.54) is 6.20 Å². The van der Waals surface area contributed by atoms with E-state index in [4.69, 9.17) is 9.47 Å². The van der Waals surface area contributed by atoms with Gasteiger partial charge < -0.3 is 20.1 Å². The number of amides is 2. The minimum Gasteiger partial charge on any atom is -0.457 e. The Labute approximate surface area is 199 Å². The summed E-state index contributed by atoms with van der Waals surface area (Å²) in [6.45, 7) is 6.77. The first-order chi connectivity index (χ1) is 16.2. The van der Waals surface area contributed by atoms with Gasteiger partial charge in [-0.1, -0.05) is 39.0 Å². The summed E-state index contributed by atoms with van der Waals surface area (Å²) in [6.07, 6.45) is 1.38. The van der Waals surface area contributed by atoms with Gasteiger partial charge in [-0.2, -0.15) is 0 Å². The highest BCUT2D eigenvalue weighted by molar-refractivity contribution is 5.94. The van der Waals surface area contributed by atoms with E-state index < -0.39 is 6.10 Å². The van der Waals surface area contributed by atoms with Crippen LogP contribution in [0.4, 0.5) is 5.69 Å². The van der Waals surface area contributed by atoms with Crippen molar-refractivity contribution in [3.8, 4) is 11.5 Å². The molecule has 1 aliphatic heterocycles. The molecule has 0 saturated heterocycles. The molecular formula is C27H29N3O4. The fourth-order valence-electron chi connectivity index (χ4n) is 3.76. The van der Waals surface area contributed by atoms with Crippen LogP contribution >= 0.6 is 0 Å². The normalized spacial score (nSPS) is 15.2. The van der Waals surface area contributed by atoms with Gasteiger partial charge in [0.05, 0.1) is 6.61 Å². The number of nitrogens with zero attached hydrogens (tertiary/aromatic N) is 1. The lowest BCUT2D eigenvalue weighted by atomic mass is 9.87. The van der Waals surface area contributed by atoms with Gasteiger partial charge in [-0.05, 0) is 52.4 Å². The van der Waals surface area contributed by atoms with E-state index in [0.29, 0.717) is 24.5 Å². The summed E-state index contributed by atoms with van der Waals surface area (Å²) in [5.41, 5.74) is 4.19. The van der Waals surface area contributed by atoms with Gasteiger partial charge >= 0.3 is 0 Å². The van der Waals surface area contributed by atoms with Gasteiger partial charge in [0.2, 0.25) is 0 Å². The first-order valence-corrected chi connectivity index (χ1v) is 11.2. The Balaban J connectivity index is 1.46. The molecule has 0 fully saturated rings. The smallest absolute Gasteiger partial charge is 0.269 e. The van der Waals surface area contributed by atoms with Gasteiger partial charge in [0.1, 0.15) is 23.3 Å². The third-order valence-electron chi connectivity index (χ3n) is 5.74. The number of nitrogens with one attached hydrogen (secondary N) is 2. The van der Waals surface area contributed by atoms with Crippen molar-refractivity contribution in [2.24, 2.45) is 0 Å². The SMILES string of the molecule is CNC(=O)c1cc(Oc2ccc3c(c2)CC(C(=O)Nc2cccc(C(C)(C)C)c2)OC3)ccn1. The Kier molecular flexibility index (Phi) is 6.65. The summed E-state index contributed by atoms with van der Waals surface area (Å²) >= 11 is 0. The molecule has 1 unspecified atom stereocenters. The highest BCUT2D eigenvalue weighted by Crippen LogP contribution is 2.29. The van der Waals surface area contributed by atoms with Crippen LogP contribution in [0.3, 0.4) is 0 Å². The Morgan fingerprint density at radius 1 is 1.03 bits per heavy atom. The van der Waals surface area contributed by atoms with E-state index in [2.05, 4.69) is 42.5 Å². The molecule has 1 atom stereocenters. The van der Waals surface area contributed by atoms with E-state index in [1.54, 1.807) is 19.2 Å². The third-order valence-corrected chi connectivity index (χ3v) is 5.74. The number of pyridine rings is 1. The Hall–Kier alpha value is -3.71. The van der Waals surface area contributed by atoms with Gasteiger partial charge in [0.15, 0.2) is 0 Å². The van der Waals surface area contributed by atoms with E-state index in [1.807, 2.05) is 36.4 Å². The molecule has 4 rings (SSSR count). The molecule has 2 N–H and O–H groups in total. The topological polar surface area (TPSA) is 89.5 Å². The zero-order valence-electron chi connectivity index (χ0n) is 19.8. The molecular weight excluding hydrogens is 430 g/mol. The highest BCUT2D eigenvalue weighted by atomic mass is 16.5. The molecule has 0 bridgehead atoms. The van der Waals surface area contributed by atoms with Crippen LogP contribution in [-0.4, -0.2) is 29.9 Å².